The van der Waals surface area contributed by atoms with Crippen molar-refractivity contribution in [2.45, 2.75) is 46.3 Å². The summed E-state index contributed by atoms with van der Waals surface area (Å²) in [6.45, 7) is 6.89. The van der Waals surface area contributed by atoms with E-state index in [1.165, 1.54) is 22.3 Å². The van der Waals surface area contributed by atoms with Crippen molar-refractivity contribution in [3.05, 3.63) is 64.7 Å². The van der Waals surface area contributed by atoms with Crippen LogP contribution in [0.2, 0.25) is 0 Å². The smallest absolute Gasteiger partial charge is 0.119 e. The van der Waals surface area contributed by atoms with Gasteiger partial charge in [0.15, 0.2) is 0 Å². The number of hydrogen-bond acceptors (Lipinski definition) is 2. The Morgan fingerprint density at radius 1 is 0.952 bits per heavy atom. The predicted molar refractivity (Wildman–Crippen MR) is 88.7 cm³/mol. The van der Waals surface area contributed by atoms with Crippen molar-refractivity contribution < 1.29 is 4.74 Å². The molecule has 0 saturated carbocycles. The molecule has 2 aromatic rings. The van der Waals surface area contributed by atoms with Gasteiger partial charge in [-0.2, -0.15) is 0 Å². The van der Waals surface area contributed by atoms with Gasteiger partial charge in [0.1, 0.15) is 12.4 Å². The number of hydrogen-bond donors (Lipinski definition) is 1. The molecular formula is C19H25NO. The lowest BCUT2D eigenvalue weighted by Crippen LogP contribution is -2.15. The molecule has 0 amide bonds. The summed E-state index contributed by atoms with van der Waals surface area (Å²) in [4.78, 5) is 0. The van der Waals surface area contributed by atoms with Crippen LogP contribution in [0.5, 0.6) is 5.75 Å². The van der Waals surface area contributed by atoms with E-state index in [0.717, 1.165) is 18.6 Å². The van der Waals surface area contributed by atoms with E-state index in [0.29, 0.717) is 6.61 Å². The van der Waals surface area contributed by atoms with E-state index in [1.54, 1.807) is 0 Å². The van der Waals surface area contributed by atoms with Crippen LogP contribution in [0.1, 0.15) is 35.6 Å². The fourth-order valence-corrected chi connectivity index (χ4v) is 2.47. The summed E-state index contributed by atoms with van der Waals surface area (Å²) >= 11 is 0. The summed E-state index contributed by atoms with van der Waals surface area (Å²) in [5, 5.41) is 0. The molecule has 0 radical (unpaired) electrons. The lowest BCUT2D eigenvalue weighted by molar-refractivity contribution is 0.306. The summed E-state index contributed by atoms with van der Waals surface area (Å²) in [6.07, 6.45) is 2.04. The molecule has 0 heterocycles. The SMILES string of the molecule is Cc1cc(C)cc(COc2ccc(CCC(C)N)cc2)c1. The molecule has 0 aromatic heterocycles. The van der Waals surface area contributed by atoms with Gasteiger partial charge in [0.2, 0.25) is 0 Å². The fourth-order valence-electron chi connectivity index (χ4n) is 2.47. The van der Waals surface area contributed by atoms with E-state index >= 15 is 0 Å². The van der Waals surface area contributed by atoms with E-state index in [1.807, 2.05) is 19.1 Å². The third-order valence-corrected chi connectivity index (χ3v) is 3.50. The standard InChI is InChI=1S/C19H25NO/c1-14-10-15(2)12-18(11-14)13-21-19-8-6-17(7-9-19)5-4-16(3)20/h6-12,16H,4-5,13,20H2,1-3H3. The third-order valence-electron chi connectivity index (χ3n) is 3.50. The molecule has 0 spiro atoms. The Labute approximate surface area is 127 Å². The first-order valence-electron chi connectivity index (χ1n) is 7.57. The normalized spacial score (nSPS) is 12.2. The monoisotopic (exact) mass is 283 g/mol. The first-order chi connectivity index (χ1) is 10.0. The topological polar surface area (TPSA) is 35.2 Å². The van der Waals surface area contributed by atoms with Gasteiger partial charge in [-0.25, -0.2) is 0 Å². The van der Waals surface area contributed by atoms with Crippen LogP contribution in [-0.4, -0.2) is 6.04 Å². The maximum absolute atomic E-state index is 5.86. The van der Waals surface area contributed by atoms with E-state index in [4.69, 9.17) is 10.5 Å². The minimum atomic E-state index is 0.255. The van der Waals surface area contributed by atoms with Gasteiger partial charge < -0.3 is 10.5 Å². The number of benzene rings is 2. The maximum atomic E-state index is 5.86. The number of aryl methyl sites for hydroxylation is 3. The average molecular weight is 283 g/mol. The summed E-state index contributed by atoms with van der Waals surface area (Å²) < 4.78 is 5.86. The van der Waals surface area contributed by atoms with Crippen LogP contribution in [-0.2, 0) is 13.0 Å². The summed E-state index contributed by atoms with van der Waals surface area (Å²) in [5.41, 5.74) is 10.9. The van der Waals surface area contributed by atoms with Gasteiger partial charge in [0, 0.05) is 6.04 Å². The molecule has 1 unspecified atom stereocenters. The highest BCUT2D eigenvalue weighted by Crippen LogP contribution is 2.16. The molecule has 0 bridgehead atoms. The zero-order valence-electron chi connectivity index (χ0n) is 13.2. The zero-order valence-corrected chi connectivity index (χ0v) is 13.2. The van der Waals surface area contributed by atoms with Gasteiger partial charge >= 0.3 is 0 Å². The Morgan fingerprint density at radius 2 is 1.57 bits per heavy atom. The van der Waals surface area contributed by atoms with Crippen molar-refractivity contribution in [2.75, 3.05) is 0 Å². The Kier molecular flexibility index (Phi) is 5.40. The Morgan fingerprint density at radius 3 is 2.14 bits per heavy atom. The Bertz CT molecular complexity index is 552. The molecule has 1 atom stereocenters. The van der Waals surface area contributed by atoms with Crippen LogP contribution in [0, 0.1) is 13.8 Å². The van der Waals surface area contributed by atoms with Gasteiger partial charge in [0.05, 0.1) is 0 Å². The number of nitrogens with two attached hydrogens (primary N) is 1. The lowest BCUT2D eigenvalue weighted by Gasteiger charge is -2.09. The Hall–Kier alpha value is -1.80. The van der Waals surface area contributed by atoms with Gasteiger partial charge in [-0.1, -0.05) is 41.5 Å². The van der Waals surface area contributed by atoms with E-state index < -0.39 is 0 Å². The van der Waals surface area contributed by atoms with Gasteiger partial charge in [-0.3, -0.25) is 0 Å². The first-order valence-corrected chi connectivity index (χ1v) is 7.57. The molecule has 2 nitrogen and oxygen atoms in total. The van der Waals surface area contributed by atoms with Crippen LogP contribution in [0.3, 0.4) is 0 Å². The minimum absolute atomic E-state index is 0.255. The molecule has 21 heavy (non-hydrogen) atoms. The summed E-state index contributed by atoms with van der Waals surface area (Å²) in [6, 6.07) is 15.1. The second-order valence-corrected chi connectivity index (χ2v) is 5.94. The molecule has 2 aromatic carbocycles. The van der Waals surface area contributed by atoms with E-state index in [9.17, 15) is 0 Å². The first kappa shape index (κ1) is 15.6. The highest BCUT2D eigenvalue weighted by Gasteiger charge is 2.00. The van der Waals surface area contributed by atoms with Crippen molar-refractivity contribution in [3.8, 4) is 5.75 Å². The maximum Gasteiger partial charge on any atom is 0.119 e. The quantitative estimate of drug-likeness (QED) is 0.864. The molecule has 2 N–H and O–H groups in total. The average Bonchev–Trinajstić information content (AvgIpc) is 2.43. The summed E-state index contributed by atoms with van der Waals surface area (Å²) in [7, 11) is 0. The molecule has 0 aliphatic rings. The predicted octanol–water partition coefficient (Wildman–Crippen LogP) is 4.16. The highest BCUT2D eigenvalue weighted by molar-refractivity contribution is 5.30. The van der Waals surface area contributed by atoms with E-state index in [2.05, 4.69) is 44.2 Å². The van der Waals surface area contributed by atoms with Crippen molar-refractivity contribution in [1.29, 1.82) is 0 Å². The number of rotatable bonds is 6. The summed E-state index contributed by atoms with van der Waals surface area (Å²) in [5.74, 6) is 0.915. The number of ether oxygens (including phenoxy) is 1. The molecule has 0 fully saturated rings. The fraction of sp³-hybridized carbons (Fsp3) is 0.368. The second kappa shape index (κ2) is 7.28. The van der Waals surface area contributed by atoms with Crippen LogP contribution >= 0.6 is 0 Å². The lowest BCUT2D eigenvalue weighted by atomic mass is 10.1. The van der Waals surface area contributed by atoms with Gasteiger partial charge in [0.25, 0.3) is 0 Å². The van der Waals surface area contributed by atoms with Crippen molar-refractivity contribution >= 4 is 0 Å². The van der Waals surface area contributed by atoms with Crippen molar-refractivity contribution in [3.63, 3.8) is 0 Å². The molecule has 0 aliphatic heterocycles. The molecule has 112 valence electrons. The molecule has 2 heteroatoms. The van der Waals surface area contributed by atoms with Crippen molar-refractivity contribution in [2.24, 2.45) is 5.73 Å². The molecule has 2 rings (SSSR count). The van der Waals surface area contributed by atoms with Crippen LogP contribution < -0.4 is 10.5 Å². The van der Waals surface area contributed by atoms with Crippen LogP contribution in [0.25, 0.3) is 0 Å². The molecular weight excluding hydrogens is 258 g/mol. The second-order valence-electron chi connectivity index (χ2n) is 5.94. The minimum Gasteiger partial charge on any atom is -0.489 e. The highest BCUT2D eigenvalue weighted by atomic mass is 16.5. The van der Waals surface area contributed by atoms with Gasteiger partial charge in [-0.05, 0) is 56.9 Å². The largest absolute Gasteiger partial charge is 0.489 e. The third kappa shape index (κ3) is 5.24. The van der Waals surface area contributed by atoms with Crippen LogP contribution in [0.4, 0.5) is 0 Å². The van der Waals surface area contributed by atoms with E-state index in [-0.39, 0.29) is 6.04 Å². The Balaban J connectivity index is 1.91. The molecule has 0 aliphatic carbocycles. The zero-order chi connectivity index (χ0) is 15.2. The van der Waals surface area contributed by atoms with Gasteiger partial charge in [-0.15, -0.1) is 0 Å². The molecule has 0 saturated heterocycles. The van der Waals surface area contributed by atoms with Crippen molar-refractivity contribution in [1.82, 2.24) is 0 Å². The van der Waals surface area contributed by atoms with Crippen LogP contribution in [0.15, 0.2) is 42.5 Å².